The minimum Gasteiger partial charge on any atom is -0.330 e. The molecule has 1 aliphatic rings. The fourth-order valence-electron chi connectivity index (χ4n) is 2.44. The lowest BCUT2D eigenvalue weighted by Gasteiger charge is -2.38. The maximum Gasteiger partial charge on any atom is 0.324 e. The zero-order valence-corrected chi connectivity index (χ0v) is 11.3. The summed E-state index contributed by atoms with van der Waals surface area (Å²) in [4.78, 5) is 15.9. The standard InChI is InChI=1S/C14H21N3O/c1-10-5-4-6-13(11(10)2)17-9-12(7-15)8-16(3)14(17)18/h4-6,12H,7-9,15H2,1-3H3. The predicted octanol–water partition coefficient (Wildman–Crippen LogP) is 1.75. The van der Waals surface area contributed by atoms with Crippen LogP contribution in [0, 0.1) is 19.8 Å². The van der Waals surface area contributed by atoms with Crippen molar-refractivity contribution in [3.63, 3.8) is 0 Å². The Hall–Kier alpha value is -1.55. The number of amides is 2. The number of rotatable bonds is 2. The molecule has 18 heavy (non-hydrogen) atoms. The van der Waals surface area contributed by atoms with E-state index in [-0.39, 0.29) is 6.03 Å². The number of nitrogens with two attached hydrogens (primary N) is 1. The minimum atomic E-state index is 0.0633. The van der Waals surface area contributed by atoms with E-state index in [1.807, 2.05) is 24.1 Å². The summed E-state index contributed by atoms with van der Waals surface area (Å²) in [6, 6.07) is 6.13. The van der Waals surface area contributed by atoms with Crippen LogP contribution in [0.15, 0.2) is 18.2 Å². The first-order valence-electron chi connectivity index (χ1n) is 6.33. The third-order valence-electron chi connectivity index (χ3n) is 3.73. The highest BCUT2D eigenvalue weighted by atomic mass is 16.2. The Morgan fingerprint density at radius 2 is 2.06 bits per heavy atom. The molecule has 2 amide bonds. The molecular formula is C14H21N3O. The molecule has 0 spiro atoms. The molecule has 1 atom stereocenters. The van der Waals surface area contributed by atoms with Crippen molar-refractivity contribution in [1.82, 2.24) is 4.90 Å². The Balaban J connectivity index is 2.35. The Kier molecular flexibility index (Phi) is 3.57. The topological polar surface area (TPSA) is 49.6 Å². The number of carbonyl (C=O) groups is 1. The molecule has 1 unspecified atom stereocenters. The molecule has 0 saturated carbocycles. The highest BCUT2D eigenvalue weighted by molar-refractivity contribution is 5.93. The van der Waals surface area contributed by atoms with Gasteiger partial charge in [0.25, 0.3) is 0 Å². The minimum absolute atomic E-state index is 0.0633. The number of anilines is 1. The SMILES string of the molecule is Cc1cccc(N2CC(CN)CN(C)C2=O)c1C. The fourth-order valence-corrected chi connectivity index (χ4v) is 2.44. The third kappa shape index (κ3) is 2.20. The summed E-state index contributed by atoms with van der Waals surface area (Å²) in [5.41, 5.74) is 9.13. The highest BCUT2D eigenvalue weighted by Crippen LogP contribution is 2.26. The summed E-state index contributed by atoms with van der Waals surface area (Å²) in [5.74, 6) is 0.340. The van der Waals surface area contributed by atoms with Crippen molar-refractivity contribution in [1.29, 1.82) is 0 Å². The average Bonchev–Trinajstić information content (AvgIpc) is 2.36. The number of benzene rings is 1. The first-order chi connectivity index (χ1) is 8.54. The molecule has 1 aromatic rings. The quantitative estimate of drug-likeness (QED) is 0.865. The molecule has 0 aliphatic carbocycles. The normalized spacial score (nSPS) is 20.4. The number of hydrogen-bond acceptors (Lipinski definition) is 2. The van der Waals surface area contributed by atoms with Gasteiger partial charge in [-0.2, -0.15) is 0 Å². The summed E-state index contributed by atoms with van der Waals surface area (Å²) in [7, 11) is 1.84. The van der Waals surface area contributed by atoms with Crippen LogP contribution in [0.1, 0.15) is 11.1 Å². The van der Waals surface area contributed by atoms with Crippen LogP contribution in [0.5, 0.6) is 0 Å². The molecule has 2 N–H and O–H groups in total. The van der Waals surface area contributed by atoms with Gasteiger partial charge in [0.15, 0.2) is 0 Å². The molecule has 4 heteroatoms. The Morgan fingerprint density at radius 1 is 1.33 bits per heavy atom. The van der Waals surface area contributed by atoms with Gasteiger partial charge >= 0.3 is 6.03 Å². The monoisotopic (exact) mass is 247 g/mol. The summed E-state index contributed by atoms with van der Waals surface area (Å²) < 4.78 is 0. The van der Waals surface area contributed by atoms with E-state index >= 15 is 0 Å². The zero-order chi connectivity index (χ0) is 13.3. The molecule has 1 saturated heterocycles. The Labute approximate surface area is 108 Å². The van der Waals surface area contributed by atoms with E-state index in [0.29, 0.717) is 19.0 Å². The van der Waals surface area contributed by atoms with E-state index in [0.717, 1.165) is 17.8 Å². The lowest BCUT2D eigenvalue weighted by atomic mass is 10.0. The smallest absolute Gasteiger partial charge is 0.324 e. The van der Waals surface area contributed by atoms with Crippen molar-refractivity contribution in [3.05, 3.63) is 29.3 Å². The molecule has 2 rings (SSSR count). The van der Waals surface area contributed by atoms with Gasteiger partial charge in [0, 0.05) is 31.7 Å². The molecule has 4 nitrogen and oxygen atoms in total. The second kappa shape index (κ2) is 4.98. The fraction of sp³-hybridized carbons (Fsp3) is 0.500. The van der Waals surface area contributed by atoms with Crippen molar-refractivity contribution in [2.45, 2.75) is 13.8 Å². The molecule has 1 aromatic carbocycles. The average molecular weight is 247 g/mol. The van der Waals surface area contributed by atoms with Gasteiger partial charge in [0.05, 0.1) is 0 Å². The van der Waals surface area contributed by atoms with Crippen molar-refractivity contribution in [3.8, 4) is 0 Å². The number of nitrogens with zero attached hydrogens (tertiary/aromatic N) is 2. The predicted molar refractivity (Wildman–Crippen MR) is 73.8 cm³/mol. The van der Waals surface area contributed by atoms with Crippen LogP contribution in [-0.2, 0) is 0 Å². The zero-order valence-electron chi connectivity index (χ0n) is 11.3. The van der Waals surface area contributed by atoms with Gasteiger partial charge < -0.3 is 10.6 Å². The second-order valence-electron chi connectivity index (χ2n) is 5.09. The number of aryl methyl sites for hydroxylation is 1. The molecule has 1 heterocycles. The molecule has 0 bridgehead atoms. The van der Waals surface area contributed by atoms with Gasteiger partial charge in [0.2, 0.25) is 0 Å². The van der Waals surface area contributed by atoms with Gasteiger partial charge in [-0.05, 0) is 37.6 Å². The third-order valence-corrected chi connectivity index (χ3v) is 3.73. The van der Waals surface area contributed by atoms with E-state index in [4.69, 9.17) is 5.73 Å². The van der Waals surface area contributed by atoms with Crippen LogP contribution in [0.2, 0.25) is 0 Å². The van der Waals surface area contributed by atoms with Crippen LogP contribution in [0.25, 0.3) is 0 Å². The Morgan fingerprint density at radius 3 is 2.72 bits per heavy atom. The summed E-state index contributed by atoms with van der Waals surface area (Å²) in [5, 5.41) is 0. The number of hydrogen-bond donors (Lipinski definition) is 1. The van der Waals surface area contributed by atoms with Crippen LogP contribution in [0.4, 0.5) is 10.5 Å². The van der Waals surface area contributed by atoms with Crippen LogP contribution >= 0.6 is 0 Å². The van der Waals surface area contributed by atoms with Gasteiger partial charge in [-0.3, -0.25) is 4.90 Å². The van der Waals surface area contributed by atoms with E-state index in [1.165, 1.54) is 5.56 Å². The van der Waals surface area contributed by atoms with Gasteiger partial charge in [-0.15, -0.1) is 0 Å². The first-order valence-corrected chi connectivity index (χ1v) is 6.33. The van der Waals surface area contributed by atoms with Gasteiger partial charge in [0.1, 0.15) is 0 Å². The van der Waals surface area contributed by atoms with E-state index in [1.54, 1.807) is 4.90 Å². The van der Waals surface area contributed by atoms with Crippen molar-refractivity contribution >= 4 is 11.7 Å². The van der Waals surface area contributed by atoms with E-state index in [2.05, 4.69) is 19.9 Å². The molecule has 0 radical (unpaired) electrons. The molecule has 1 fully saturated rings. The Bertz CT molecular complexity index is 458. The van der Waals surface area contributed by atoms with Gasteiger partial charge in [-0.1, -0.05) is 12.1 Å². The summed E-state index contributed by atoms with van der Waals surface area (Å²) in [6.07, 6.45) is 0. The summed E-state index contributed by atoms with van der Waals surface area (Å²) in [6.45, 7) is 6.20. The number of urea groups is 1. The van der Waals surface area contributed by atoms with Crippen molar-refractivity contribution in [2.75, 3.05) is 31.6 Å². The van der Waals surface area contributed by atoms with Crippen LogP contribution in [0.3, 0.4) is 0 Å². The molecule has 1 aliphatic heterocycles. The summed E-state index contributed by atoms with van der Waals surface area (Å²) >= 11 is 0. The lowest BCUT2D eigenvalue weighted by molar-refractivity contribution is 0.194. The highest BCUT2D eigenvalue weighted by Gasteiger charge is 2.30. The van der Waals surface area contributed by atoms with E-state index in [9.17, 15) is 4.79 Å². The molecule has 0 aromatic heterocycles. The molecule has 98 valence electrons. The maximum atomic E-state index is 12.3. The maximum absolute atomic E-state index is 12.3. The van der Waals surface area contributed by atoms with Crippen molar-refractivity contribution in [2.24, 2.45) is 11.7 Å². The first kappa shape index (κ1) is 12.9. The van der Waals surface area contributed by atoms with Crippen molar-refractivity contribution < 1.29 is 4.79 Å². The van der Waals surface area contributed by atoms with Crippen LogP contribution in [-0.4, -0.2) is 37.6 Å². The van der Waals surface area contributed by atoms with Gasteiger partial charge in [-0.25, -0.2) is 4.79 Å². The van der Waals surface area contributed by atoms with Crippen LogP contribution < -0.4 is 10.6 Å². The largest absolute Gasteiger partial charge is 0.330 e. The lowest BCUT2D eigenvalue weighted by Crippen LogP contribution is -2.53. The van der Waals surface area contributed by atoms with E-state index < -0.39 is 0 Å². The second-order valence-corrected chi connectivity index (χ2v) is 5.09. The number of carbonyl (C=O) groups excluding carboxylic acids is 1. The molecular weight excluding hydrogens is 226 g/mol.